The van der Waals surface area contributed by atoms with E-state index in [0.717, 1.165) is 0 Å². The number of halogens is 4. The van der Waals surface area contributed by atoms with Crippen molar-refractivity contribution in [1.29, 1.82) is 0 Å². The van der Waals surface area contributed by atoms with Gasteiger partial charge in [0.15, 0.2) is 17.3 Å². The number of nitrogens with zero attached hydrogens (tertiary/aromatic N) is 1. The molecule has 0 radical (unpaired) electrons. The van der Waals surface area contributed by atoms with Crippen molar-refractivity contribution in [3.8, 4) is 11.5 Å². The monoisotopic (exact) mass is 483 g/mol. The number of rotatable bonds is 6. The van der Waals surface area contributed by atoms with E-state index in [0.29, 0.717) is 15.6 Å². The van der Waals surface area contributed by atoms with Crippen LogP contribution in [-0.2, 0) is 16.0 Å². The quantitative estimate of drug-likeness (QED) is 0.592. The normalized spacial score (nSPS) is 16.1. The molecular weight excluding hydrogens is 467 g/mol. The number of hydrogen-bond acceptors (Lipinski definition) is 4. The first-order chi connectivity index (χ1) is 14.3. The van der Waals surface area contributed by atoms with Crippen molar-refractivity contribution in [3.05, 3.63) is 70.1 Å². The Kier molecular flexibility index (Phi) is 6.81. The molecule has 9 heteroatoms. The van der Waals surface area contributed by atoms with Crippen LogP contribution in [0.1, 0.15) is 23.6 Å². The van der Waals surface area contributed by atoms with E-state index in [9.17, 15) is 22.8 Å². The molecule has 1 aliphatic heterocycles. The smallest absolute Gasteiger partial charge is 0.387 e. The topological polar surface area (TPSA) is 55.8 Å². The van der Waals surface area contributed by atoms with E-state index in [2.05, 4.69) is 20.7 Å². The first-order valence-corrected chi connectivity index (χ1v) is 9.66. The molecule has 1 heterocycles. The number of carbonyl (C=O) groups excluding carboxylic acids is 2. The fourth-order valence-corrected chi connectivity index (χ4v) is 3.62. The van der Waals surface area contributed by atoms with E-state index in [1.807, 2.05) is 0 Å². The molecule has 0 fully saturated rings. The predicted molar refractivity (Wildman–Crippen MR) is 106 cm³/mol. The Morgan fingerprint density at radius 2 is 1.93 bits per heavy atom. The first kappa shape index (κ1) is 21.9. The predicted octanol–water partition coefficient (Wildman–Crippen LogP) is 4.80. The van der Waals surface area contributed by atoms with Gasteiger partial charge in [0.25, 0.3) is 0 Å². The Hall–Kier alpha value is -2.81. The van der Waals surface area contributed by atoms with Crippen LogP contribution in [0.15, 0.2) is 53.1 Å². The lowest BCUT2D eigenvalue weighted by Gasteiger charge is -2.31. The second kappa shape index (κ2) is 9.34. The molecule has 1 aliphatic rings. The van der Waals surface area contributed by atoms with Crippen molar-refractivity contribution >= 4 is 27.6 Å². The van der Waals surface area contributed by atoms with Crippen LogP contribution < -0.4 is 9.47 Å². The lowest BCUT2D eigenvalue weighted by Crippen LogP contribution is -2.35. The zero-order valence-electron chi connectivity index (χ0n) is 15.8. The van der Waals surface area contributed by atoms with Crippen molar-refractivity contribution in [3.63, 3.8) is 0 Å². The van der Waals surface area contributed by atoms with Crippen molar-refractivity contribution < 1.29 is 32.2 Å². The maximum atomic E-state index is 13.3. The molecule has 5 nitrogen and oxygen atoms in total. The van der Waals surface area contributed by atoms with Gasteiger partial charge in [-0.2, -0.15) is 8.78 Å². The molecule has 3 rings (SSSR count). The Morgan fingerprint density at radius 1 is 1.23 bits per heavy atom. The van der Waals surface area contributed by atoms with Crippen LogP contribution in [0, 0.1) is 5.82 Å². The number of ether oxygens (including phenoxy) is 2. The SMILES string of the molecule is COc1cc(Br)c(CC(=O)N2C=CC(=O)C[C@H]2c2ccc(F)cc2)cc1OC(F)F. The van der Waals surface area contributed by atoms with E-state index in [4.69, 9.17) is 4.74 Å². The average Bonchev–Trinajstić information content (AvgIpc) is 2.70. The van der Waals surface area contributed by atoms with Gasteiger partial charge in [0.05, 0.1) is 19.6 Å². The van der Waals surface area contributed by atoms with Gasteiger partial charge in [-0.15, -0.1) is 0 Å². The number of methoxy groups -OCH3 is 1. The molecule has 0 unspecified atom stereocenters. The molecule has 1 atom stereocenters. The highest BCUT2D eigenvalue weighted by molar-refractivity contribution is 9.10. The fraction of sp³-hybridized carbons (Fsp3) is 0.238. The minimum atomic E-state index is -3.05. The van der Waals surface area contributed by atoms with E-state index in [1.54, 1.807) is 0 Å². The van der Waals surface area contributed by atoms with Gasteiger partial charge in [-0.05, 0) is 41.5 Å². The van der Waals surface area contributed by atoms with Crippen LogP contribution >= 0.6 is 15.9 Å². The number of carbonyl (C=O) groups is 2. The molecule has 0 saturated carbocycles. The third-order valence-electron chi connectivity index (χ3n) is 4.58. The molecule has 2 aromatic carbocycles. The summed E-state index contributed by atoms with van der Waals surface area (Å²) in [5.74, 6) is -1.07. The van der Waals surface area contributed by atoms with Crippen LogP contribution in [-0.4, -0.2) is 30.3 Å². The molecule has 2 aromatic rings. The number of hydrogen-bond donors (Lipinski definition) is 0. The molecule has 0 aliphatic carbocycles. The summed E-state index contributed by atoms with van der Waals surface area (Å²) in [5.41, 5.74) is 1.01. The summed E-state index contributed by atoms with van der Waals surface area (Å²) in [7, 11) is 1.31. The third kappa shape index (κ3) is 5.02. The maximum Gasteiger partial charge on any atom is 0.387 e. The molecule has 30 heavy (non-hydrogen) atoms. The van der Waals surface area contributed by atoms with E-state index >= 15 is 0 Å². The number of ketones is 1. The number of benzene rings is 2. The van der Waals surface area contributed by atoms with Gasteiger partial charge in [0.1, 0.15) is 5.82 Å². The number of alkyl halides is 2. The molecule has 0 saturated heterocycles. The molecule has 0 N–H and O–H groups in total. The standard InChI is InChI=1S/C21H17BrF3NO4/c1-29-18-11-16(22)13(8-19(18)30-21(24)25)9-20(28)26-7-6-15(27)10-17(26)12-2-4-14(23)5-3-12/h2-8,11,17,21H,9-10H2,1H3/t17-/m0/s1. The van der Waals surface area contributed by atoms with Crippen molar-refractivity contribution in [2.75, 3.05) is 7.11 Å². The van der Waals surface area contributed by atoms with E-state index in [-0.39, 0.29) is 36.0 Å². The summed E-state index contributed by atoms with van der Waals surface area (Å²) in [6.45, 7) is -3.05. The molecule has 0 aromatic heterocycles. The Bertz CT molecular complexity index is 979. The Morgan fingerprint density at radius 3 is 2.57 bits per heavy atom. The first-order valence-electron chi connectivity index (χ1n) is 8.87. The van der Waals surface area contributed by atoms with Gasteiger partial charge in [-0.3, -0.25) is 9.59 Å². The molecule has 158 valence electrons. The summed E-state index contributed by atoms with van der Waals surface area (Å²) in [5, 5.41) is 0. The van der Waals surface area contributed by atoms with Gasteiger partial charge in [-0.1, -0.05) is 28.1 Å². The van der Waals surface area contributed by atoms with Gasteiger partial charge < -0.3 is 14.4 Å². The second-order valence-corrected chi connectivity index (χ2v) is 7.36. The van der Waals surface area contributed by atoms with Crippen molar-refractivity contribution in [1.82, 2.24) is 4.90 Å². The largest absolute Gasteiger partial charge is 0.493 e. The van der Waals surface area contributed by atoms with Crippen LogP contribution in [0.4, 0.5) is 13.2 Å². The second-order valence-electron chi connectivity index (χ2n) is 6.50. The lowest BCUT2D eigenvalue weighted by molar-refractivity contribution is -0.131. The average molecular weight is 484 g/mol. The summed E-state index contributed by atoms with van der Waals surface area (Å²) < 4.78 is 48.6. The fourth-order valence-electron chi connectivity index (χ4n) is 3.16. The van der Waals surface area contributed by atoms with Crippen LogP contribution in [0.5, 0.6) is 11.5 Å². The zero-order valence-corrected chi connectivity index (χ0v) is 17.4. The highest BCUT2D eigenvalue weighted by atomic mass is 79.9. The van der Waals surface area contributed by atoms with Crippen LogP contribution in [0.25, 0.3) is 0 Å². The summed E-state index contributed by atoms with van der Waals surface area (Å²) in [4.78, 5) is 26.3. The van der Waals surface area contributed by atoms with E-state index < -0.39 is 18.5 Å². The molecule has 0 spiro atoms. The minimum Gasteiger partial charge on any atom is -0.493 e. The van der Waals surface area contributed by atoms with Gasteiger partial charge in [0.2, 0.25) is 5.91 Å². The van der Waals surface area contributed by atoms with Gasteiger partial charge in [-0.25, -0.2) is 4.39 Å². The molecule has 0 bridgehead atoms. The minimum absolute atomic E-state index is 0.0530. The molecule has 1 amide bonds. The highest BCUT2D eigenvalue weighted by Crippen LogP contribution is 2.36. The number of allylic oxidation sites excluding steroid dienone is 1. The lowest BCUT2D eigenvalue weighted by atomic mass is 9.96. The van der Waals surface area contributed by atoms with Gasteiger partial charge in [0, 0.05) is 17.1 Å². The third-order valence-corrected chi connectivity index (χ3v) is 5.32. The summed E-state index contributed by atoms with van der Waals surface area (Å²) in [6, 6.07) is 7.70. The Balaban J connectivity index is 1.88. The zero-order chi connectivity index (χ0) is 21.8. The van der Waals surface area contributed by atoms with Crippen molar-refractivity contribution in [2.24, 2.45) is 0 Å². The van der Waals surface area contributed by atoms with Crippen LogP contribution in [0.2, 0.25) is 0 Å². The summed E-state index contributed by atoms with van der Waals surface area (Å²) in [6.07, 6.45) is 2.58. The maximum absolute atomic E-state index is 13.3. The number of amides is 1. The van der Waals surface area contributed by atoms with Crippen LogP contribution in [0.3, 0.4) is 0 Å². The van der Waals surface area contributed by atoms with E-state index in [1.165, 1.54) is 60.7 Å². The summed E-state index contributed by atoms with van der Waals surface area (Å²) >= 11 is 3.31. The highest BCUT2D eigenvalue weighted by Gasteiger charge is 2.29. The Labute approximate surface area is 179 Å². The van der Waals surface area contributed by atoms with Gasteiger partial charge >= 0.3 is 6.61 Å². The molecular formula is C21H17BrF3NO4. The van der Waals surface area contributed by atoms with Crippen molar-refractivity contribution in [2.45, 2.75) is 25.5 Å².